The van der Waals surface area contributed by atoms with Crippen LogP contribution in [0.25, 0.3) is 22.2 Å². The van der Waals surface area contributed by atoms with E-state index in [4.69, 9.17) is 0 Å². The summed E-state index contributed by atoms with van der Waals surface area (Å²) in [6.07, 6.45) is 2.36. The minimum Gasteiger partial charge on any atom is -0.354 e. The van der Waals surface area contributed by atoms with Gasteiger partial charge in [-0.05, 0) is 47.7 Å². The van der Waals surface area contributed by atoms with Crippen molar-refractivity contribution < 1.29 is 14.0 Å². The molecule has 3 aromatic carbocycles. The van der Waals surface area contributed by atoms with Gasteiger partial charge < -0.3 is 10.3 Å². The van der Waals surface area contributed by atoms with Crippen molar-refractivity contribution in [3.8, 4) is 11.3 Å². The molecular formula is C26H19FN4O2. The molecule has 7 heteroatoms. The van der Waals surface area contributed by atoms with Gasteiger partial charge in [-0.15, -0.1) is 0 Å². The number of hydrogen-bond donors (Lipinski definition) is 3. The molecule has 2 aliphatic rings. The van der Waals surface area contributed by atoms with Gasteiger partial charge in [-0.2, -0.15) is 5.10 Å². The number of amides is 2. The lowest BCUT2D eigenvalue weighted by Gasteiger charge is -2.08. The molecule has 1 aliphatic heterocycles. The van der Waals surface area contributed by atoms with Gasteiger partial charge in [0.25, 0.3) is 5.91 Å². The van der Waals surface area contributed by atoms with Crippen LogP contribution in [0.15, 0.2) is 71.8 Å². The van der Waals surface area contributed by atoms with Gasteiger partial charge in [-0.3, -0.25) is 9.59 Å². The number of H-pyrrole nitrogens is 1. The zero-order chi connectivity index (χ0) is 22.5. The molecule has 6 rings (SSSR count). The van der Waals surface area contributed by atoms with Crippen LogP contribution in [-0.4, -0.2) is 23.0 Å². The van der Waals surface area contributed by atoms with Gasteiger partial charge in [0.05, 0.1) is 17.5 Å². The maximum atomic E-state index is 13.2. The molecule has 3 N–H and O–H groups in total. The highest BCUT2D eigenvalue weighted by molar-refractivity contribution is 6.18. The number of halogens is 1. The minimum absolute atomic E-state index is 0.0781. The molecule has 0 saturated heterocycles. The molecule has 1 aromatic heterocycles. The topological polar surface area (TPSA) is 86.3 Å². The van der Waals surface area contributed by atoms with Crippen molar-refractivity contribution in [2.45, 2.75) is 12.3 Å². The van der Waals surface area contributed by atoms with Crippen LogP contribution >= 0.6 is 0 Å². The second-order valence-electron chi connectivity index (χ2n) is 8.41. The van der Waals surface area contributed by atoms with Gasteiger partial charge in [0, 0.05) is 28.1 Å². The van der Waals surface area contributed by atoms with Gasteiger partial charge in [0.1, 0.15) is 5.82 Å². The largest absolute Gasteiger partial charge is 0.354 e. The number of rotatable bonds is 4. The molecule has 1 fully saturated rings. The minimum atomic E-state index is -0.333. The Balaban J connectivity index is 1.34. The SMILES string of the molecule is O=C1NN=Cc2c(-c3ccccc3)[nH]c3cc(NC(=O)C4CC4c4ccc(F)cc4)cc1c23. The van der Waals surface area contributed by atoms with Crippen LogP contribution in [-0.2, 0) is 4.79 Å². The lowest BCUT2D eigenvalue weighted by molar-refractivity contribution is -0.117. The number of benzene rings is 3. The lowest BCUT2D eigenvalue weighted by Crippen LogP contribution is -2.18. The van der Waals surface area contributed by atoms with Gasteiger partial charge >= 0.3 is 0 Å². The predicted molar refractivity (Wildman–Crippen MR) is 125 cm³/mol. The number of nitrogens with one attached hydrogen (secondary N) is 3. The first kappa shape index (κ1) is 19.4. The van der Waals surface area contributed by atoms with Crippen molar-refractivity contribution >= 4 is 34.6 Å². The third-order valence-electron chi connectivity index (χ3n) is 6.30. The number of hydrazone groups is 1. The molecule has 162 valence electrons. The number of anilines is 1. The molecule has 4 aromatic rings. The summed E-state index contributed by atoms with van der Waals surface area (Å²) in [7, 11) is 0. The van der Waals surface area contributed by atoms with E-state index in [0.29, 0.717) is 17.7 Å². The quantitative estimate of drug-likeness (QED) is 0.428. The Bertz CT molecular complexity index is 1440. The van der Waals surface area contributed by atoms with E-state index in [2.05, 4.69) is 20.8 Å². The molecule has 1 aliphatic carbocycles. The Morgan fingerprint density at radius 3 is 2.64 bits per heavy atom. The number of nitrogens with zero attached hydrogens (tertiary/aromatic N) is 1. The van der Waals surface area contributed by atoms with E-state index in [0.717, 1.165) is 33.3 Å². The summed E-state index contributed by atoms with van der Waals surface area (Å²) in [5.74, 6) is -0.839. The van der Waals surface area contributed by atoms with Gasteiger partial charge in [-0.1, -0.05) is 42.5 Å². The van der Waals surface area contributed by atoms with Crippen molar-refractivity contribution in [2.75, 3.05) is 5.32 Å². The van der Waals surface area contributed by atoms with Gasteiger partial charge in [0.15, 0.2) is 0 Å². The first-order chi connectivity index (χ1) is 16.1. The fourth-order valence-electron chi connectivity index (χ4n) is 4.58. The van der Waals surface area contributed by atoms with Crippen LogP contribution in [0, 0.1) is 11.7 Å². The molecule has 2 amide bonds. The summed E-state index contributed by atoms with van der Waals surface area (Å²) in [4.78, 5) is 29.0. The van der Waals surface area contributed by atoms with Crippen LogP contribution in [0.5, 0.6) is 0 Å². The van der Waals surface area contributed by atoms with Gasteiger partial charge in [-0.25, -0.2) is 9.82 Å². The summed E-state index contributed by atoms with van der Waals surface area (Å²) in [6.45, 7) is 0. The Morgan fingerprint density at radius 1 is 1.06 bits per heavy atom. The standard InChI is InChI=1S/C26H19FN4O2/c27-16-8-6-14(7-9-16)18-12-19(18)25(32)29-17-10-20-23-21(13-28-31-26(20)33)24(30-22(23)11-17)15-4-2-1-3-5-15/h1-11,13,18-19,30H,12H2,(H,29,32)(H,31,33). The fraction of sp³-hybridized carbons (Fsp3) is 0.115. The first-order valence-corrected chi connectivity index (χ1v) is 10.7. The number of aromatic nitrogens is 1. The van der Waals surface area contributed by atoms with Crippen molar-refractivity contribution in [3.63, 3.8) is 0 Å². The zero-order valence-electron chi connectivity index (χ0n) is 17.4. The van der Waals surface area contributed by atoms with Crippen molar-refractivity contribution in [2.24, 2.45) is 11.0 Å². The maximum absolute atomic E-state index is 13.2. The van der Waals surface area contributed by atoms with E-state index >= 15 is 0 Å². The molecule has 0 radical (unpaired) electrons. The number of carbonyl (C=O) groups excluding carboxylic acids is 2. The normalized spacial score (nSPS) is 18.6. The first-order valence-electron chi connectivity index (χ1n) is 10.7. The van der Waals surface area contributed by atoms with E-state index in [1.807, 2.05) is 36.4 Å². The van der Waals surface area contributed by atoms with Gasteiger partial charge in [0.2, 0.25) is 5.91 Å². The van der Waals surface area contributed by atoms with Crippen molar-refractivity contribution in [1.29, 1.82) is 0 Å². The monoisotopic (exact) mass is 438 g/mol. The van der Waals surface area contributed by atoms with Crippen LogP contribution in [0.4, 0.5) is 10.1 Å². The number of carbonyl (C=O) groups is 2. The molecule has 1 saturated carbocycles. The molecule has 6 nitrogen and oxygen atoms in total. The molecule has 0 spiro atoms. The highest BCUT2D eigenvalue weighted by atomic mass is 19.1. The van der Waals surface area contributed by atoms with Crippen molar-refractivity contribution in [3.05, 3.63) is 89.2 Å². The van der Waals surface area contributed by atoms with E-state index < -0.39 is 0 Å². The maximum Gasteiger partial charge on any atom is 0.272 e. The molecule has 0 bridgehead atoms. The van der Waals surface area contributed by atoms with Crippen LogP contribution in [0.2, 0.25) is 0 Å². The summed E-state index contributed by atoms with van der Waals surface area (Å²) >= 11 is 0. The lowest BCUT2D eigenvalue weighted by atomic mass is 10.0. The van der Waals surface area contributed by atoms with E-state index in [1.165, 1.54) is 12.1 Å². The average Bonchev–Trinajstić information content (AvgIpc) is 3.57. The molecule has 2 atom stereocenters. The van der Waals surface area contributed by atoms with E-state index in [9.17, 15) is 14.0 Å². The highest BCUT2D eigenvalue weighted by Gasteiger charge is 2.44. The summed E-state index contributed by atoms with van der Waals surface area (Å²) in [6, 6.07) is 19.6. The highest BCUT2D eigenvalue weighted by Crippen LogP contribution is 2.48. The smallest absolute Gasteiger partial charge is 0.272 e. The predicted octanol–water partition coefficient (Wildman–Crippen LogP) is 4.79. The Morgan fingerprint density at radius 2 is 1.85 bits per heavy atom. The van der Waals surface area contributed by atoms with Crippen LogP contribution in [0.1, 0.15) is 33.8 Å². The summed E-state index contributed by atoms with van der Waals surface area (Å²) < 4.78 is 13.2. The van der Waals surface area contributed by atoms with Crippen molar-refractivity contribution in [1.82, 2.24) is 10.4 Å². The number of hydrogen-bond acceptors (Lipinski definition) is 3. The van der Waals surface area contributed by atoms with E-state index in [1.54, 1.807) is 24.4 Å². The Labute approximate surface area is 188 Å². The third kappa shape index (κ3) is 3.38. The summed E-state index contributed by atoms with van der Waals surface area (Å²) in [5.41, 5.74) is 7.87. The zero-order valence-corrected chi connectivity index (χ0v) is 17.4. The average molecular weight is 438 g/mol. The molecule has 33 heavy (non-hydrogen) atoms. The fourth-order valence-corrected chi connectivity index (χ4v) is 4.58. The Kier molecular flexibility index (Phi) is 4.36. The second kappa shape index (κ2) is 7.41. The van der Waals surface area contributed by atoms with Crippen LogP contribution in [0.3, 0.4) is 0 Å². The number of aromatic amines is 1. The van der Waals surface area contributed by atoms with Crippen LogP contribution < -0.4 is 10.7 Å². The van der Waals surface area contributed by atoms with E-state index in [-0.39, 0.29) is 29.5 Å². The molecule has 2 heterocycles. The molecular weight excluding hydrogens is 419 g/mol. The third-order valence-corrected chi connectivity index (χ3v) is 6.30. The molecule has 2 unspecified atom stereocenters. The summed E-state index contributed by atoms with van der Waals surface area (Å²) in [5, 5.41) is 7.80. The second-order valence-corrected chi connectivity index (χ2v) is 8.41. The Hall–Kier alpha value is -4.26.